The van der Waals surface area contributed by atoms with Gasteiger partial charge in [-0.3, -0.25) is 0 Å². The summed E-state index contributed by atoms with van der Waals surface area (Å²) in [5.74, 6) is 0. The molecule has 0 atom stereocenters. The Hall–Kier alpha value is -0.860. The lowest BCUT2D eigenvalue weighted by Crippen LogP contribution is -2.27. The van der Waals surface area contributed by atoms with Gasteiger partial charge < -0.3 is 5.73 Å². The van der Waals surface area contributed by atoms with Crippen LogP contribution >= 0.6 is 15.9 Å². The van der Waals surface area contributed by atoms with E-state index in [1.54, 1.807) is 0 Å². The fraction of sp³-hybridized carbons (Fsp3) is 0.286. The highest BCUT2D eigenvalue weighted by atomic mass is 79.9. The van der Waals surface area contributed by atoms with Crippen molar-refractivity contribution in [3.8, 4) is 0 Å². The molecule has 0 aliphatic carbocycles. The van der Waals surface area contributed by atoms with Gasteiger partial charge >= 0.3 is 0 Å². The number of nitrogens with two attached hydrogens (primary N) is 1. The van der Waals surface area contributed by atoms with Crippen molar-refractivity contribution in [3.63, 3.8) is 0 Å². The summed E-state index contributed by atoms with van der Waals surface area (Å²) in [6.45, 7) is 5.00. The van der Waals surface area contributed by atoms with Gasteiger partial charge in [0.1, 0.15) is 0 Å². The fourth-order valence-electron chi connectivity index (χ4n) is 1.77. The molecule has 0 spiro atoms. The van der Waals surface area contributed by atoms with Crippen molar-refractivity contribution >= 4 is 26.7 Å². The molecule has 2 heteroatoms. The Kier molecular flexibility index (Phi) is 3.04. The van der Waals surface area contributed by atoms with E-state index in [2.05, 4.69) is 66.2 Å². The molecule has 0 amide bonds. The molecule has 2 aromatic rings. The Morgan fingerprint density at radius 3 is 2.62 bits per heavy atom. The van der Waals surface area contributed by atoms with Gasteiger partial charge in [0.2, 0.25) is 0 Å². The van der Waals surface area contributed by atoms with Crippen LogP contribution in [0, 0.1) is 0 Å². The van der Waals surface area contributed by atoms with E-state index in [0.717, 1.165) is 4.47 Å². The molecular formula is C14H16BrN. The van der Waals surface area contributed by atoms with Crippen LogP contribution in [-0.4, -0.2) is 6.54 Å². The maximum Gasteiger partial charge on any atom is 0.0253 e. The smallest absolute Gasteiger partial charge is 0.0253 e. The number of hydrogen-bond donors (Lipinski definition) is 1. The maximum atomic E-state index is 5.81. The van der Waals surface area contributed by atoms with E-state index in [9.17, 15) is 0 Å². The van der Waals surface area contributed by atoms with Gasteiger partial charge in [-0.25, -0.2) is 0 Å². The molecule has 0 saturated heterocycles. The van der Waals surface area contributed by atoms with Crippen LogP contribution in [0.15, 0.2) is 40.9 Å². The number of benzene rings is 2. The van der Waals surface area contributed by atoms with Crippen LogP contribution in [0.2, 0.25) is 0 Å². The molecule has 0 radical (unpaired) electrons. The monoisotopic (exact) mass is 277 g/mol. The van der Waals surface area contributed by atoms with Crippen molar-refractivity contribution in [1.29, 1.82) is 0 Å². The Morgan fingerprint density at radius 1 is 1.19 bits per heavy atom. The van der Waals surface area contributed by atoms with E-state index in [0.29, 0.717) is 6.54 Å². The third-order valence-corrected chi connectivity index (χ3v) is 3.81. The first-order chi connectivity index (χ1) is 7.54. The summed E-state index contributed by atoms with van der Waals surface area (Å²) in [5.41, 5.74) is 7.13. The van der Waals surface area contributed by atoms with E-state index in [1.165, 1.54) is 16.3 Å². The molecule has 2 aromatic carbocycles. The minimum absolute atomic E-state index is 0.0312. The maximum absolute atomic E-state index is 5.81. The first kappa shape index (κ1) is 11.6. The van der Waals surface area contributed by atoms with E-state index in [4.69, 9.17) is 5.73 Å². The van der Waals surface area contributed by atoms with Crippen LogP contribution in [0.1, 0.15) is 19.4 Å². The second-order valence-electron chi connectivity index (χ2n) is 4.76. The Balaban J connectivity index is 2.64. The van der Waals surface area contributed by atoms with Crippen LogP contribution in [0.3, 0.4) is 0 Å². The van der Waals surface area contributed by atoms with Gasteiger partial charge in [0, 0.05) is 16.4 Å². The summed E-state index contributed by atoms with van der Waals surface area (Å²) < 4.78 is 1.14. The Labute approximate surface area is 105 Å². The highest BCUT2D eigenvalue weighted by molar-refractivity contribution is 9.10. The lowest BCUT2D eigenvalue weighted by Gasteiger charge is -2.23. The van der Waals surface area contributed by atoms with Gasteiger partial charge in [-0.1, -0.05) is 54.0 Å². The molecule has 0 aliphatic rings. The first-order valence-electron chi connectivity index (χ1n) is 5.43. The Bertz CT molecular complexity index is 517. The van der Waals surface area contributed by atoms with Crippen LogP contribution in [-0.2, 0) is 5.41 Å². The molecule has 0 bridgehead atoms. The highest BCUT2D eigenvalue weighted by Gasteiger charge is 2.18. The zero-order valence-corrected chi connectivity index (χ0v) is 11.2. The van der Waals surface area contributed by atoms with Crippen molar-refractivity contribution in [1.82, 2.24) is 0 Å². The second-order valence-corrected chi connectivity index (χ2v) is 5.62. The molecule has 0 fully saturated rings. The molecule has 0 aromatic heterocycles. The van der Waals surface area contributed by atoms with Crippen LogP contribution < -0.4 is 5.73 Å². The fourth-order valence-corrected chi connectivity index (χ4v) is 2.27. The SMILES string of the molecule is CC(C)(CN)c1ccc2cccc(Br)c2c1. The van der Waals surface area contributed by atoms with Crippen LogP contribution in [0.5, 0.6) is 0 Å². The number of halogens is 1. The van der Waals surface area contributed by atoms with Crippen molar-refractivity contribution < 1.29 is 0 Å². The van der Waals surface area contributed by atoms with Crippen molar-refractivity contribution in [2.45, 2.75) is 19.3 Å². The van der Waals surface area contributed by atoms with Gasteiger partial charge in [-0.15, -0.1) is 0 Å². The lowest BCUT2D eigenvalue weighted by atomic mass is 9.84. The van der Waals surface area contributed by atoms with E-state index in [1.807, 2.05) is 0 Å². The predicted octanol–water partition coefficient (Wildman–Crippen LogP) is 3.84. The number of hydrogen-bond acceptors (Lipinski definition) is 1. The molecule has 0 unspecified atom stereocenters. The molecular weight excluding hydrogens is 262 g/mol. The molecule has 1 nitrogen and oxygen atoms in total. The van der Waals surface area contributed by atoms with Crippen molar-refractivity contribution in [3.05, 3.63) is 46.4 Å². The molecule has 0 heterocycles. The zero-order valence-electron chi connectivity index (χ0n) is 9.63. The van der Waals surface area contributed by atoms with E-state index >= 15 is 0 Å². The van der Waals surface area contributed by atoms with Crippen molar-refractivity contribution in [2.75, 3.05) is 6.54 Å². The quantitative estimate of drug-likeness (QED) is 0.887. The van der Waals surface area contributed by atoms with Gasteiger partial charge in [0.25, 0.3) is 0 Å². The third-order valence-electron chi connectivity index (χ3n) is 3.12. The minimum atomic E-state index is 0.0312. The largest absolute Gasteiger partial charge is 0.330 e. The number of rotatable bonds is 2. The van der Waals surface area contributed by atoms with Gasteiger partial charge in [0.05, 0.1) is 0 Å². The summed E-state index contributed by atoms with van der Waals surface area (Å²) in [5, 5.41) is 2.51. The van der Waals surface area contributed by atoms with Crippen LogP contribution in [0.25, 0.3) is 10.8 Å². The molecule has 2 N–H and O–H groups in total. The molecule has 0 saturated carbocycles. The minimum Gasteiger partial charge on any atom is -0.330 e. The van der Waals surface area contributed by atoms with E-state index < -0.39 is 0 Å². The average Bonchev–Trinajstić information content (AvgIpc) is 2.29. The molecule has 0 aliphatic heterocycles. The molecule has 16 heavy (non-hydrogen) atoms. The van der Waals surface area contributed by atoms with Crippen molar-refractivity contribution in [2.24, 2.45) is 5.73 Å². The van der Waals surface area contributed by atoms with Gasteiger partial charge in [0.15, 0.2) is 0 Å². The summed E-state index contributed by atoms with van der Waals surface area (Å²) in [4.78, 5) is 0. The third kappa shape index (κ3) is 2.00. The highest BCUT2D eigenvalue weighted by Crippen LogP contribution is 2.29. The molecule has 2 rings (SSSR count). The Morgan fingerprint density at radius 2 is 1.94 bits per heavy atom. The summed E-state index contributed by atoms with van der Waals surface area (Å²) in [7, 11) is 0. The van der Waals surface area contributed by atoms with Gasteiger partial charge in [-0.2, -0.15) is 0 Å². The van der Waals surface area contributed by atoms with Crippen LogP contribution in [0.4, 0.5) is 0 Å². The standard InChI is InChI=1S/C14H16BrN/c1-14(2,9-16)11-7-6-10-4-3-5-13(15)12(10)8-11/h3-8H,9,16H2,1-2H3. The summed E-state index contributed by atoms with van der Waals surface area (Å²) in [6.07, 6.45) is 0. The molecule has 84 valence electrons. The normalized spacial score (nSPS) is 12.0. The topological polar surface area (TPSA) is 26.0 Å². The lowest BCUT2D eigenvalue weighted by molar-refractivity contribution is 0.540. The van der Waals surface area contributed by atoms with E-state index in [-0.39, 0.29) is 5.41 Å². The average molecular weight is 278 g/mol. The summed E-state index contributed by atoms with van der Waals surface area (Å²) in [6, 6.07) is 12.8. The van der Waals surface area contributed by atoms with Gasteiger partial charge in [-0.05, 0) is 28.5 Å². The zero-order chi connectivity index (χ0) is 11.8. The number of fused-ring (bicyclic) bond motifs is 1. The second kappa shape index (κ2) is 4.19. The predicted molar refractivity (Wildman–Crippen MR) is 73.7 cm³/mol. The summed E-state index contributed by atoms with van der Waals surface area (Å²) >= 11 is 3.59. The first-order valence-corrected chi connectivity index (χ1v) is 6.23.